The monoisotopic (exact) mass is 271 g/mol. The van der Waals surface area contributed by atoms with E-state index in [1.807, 2.05) is 6.92 Å². The number of carbonyl (C=O) groups excluding carboxylic acids is 2. The van der Waals surface area contributed by atoms with E-state index in [1.54, 1.807) is 18.9 Å². The SMILES string of the molecule is CCN(C)C(=O)C(C)Nc1snc(N)c1C(N)=O. The first-order chi connectivity index (χ1) is 8.38. The molecule has 1 heterocycles. The molecule has 5 N–H and O–H groups in total. The number of nitrogens with zero attached hydrogens (tertiary/aromatic N) is 2. The van der Waals surface area contributed by atoms with Crippen LogP contribution in [0.4, 0.5) is 10.8 Å². The molecular formula is C10H17N5O2S. The van der Waals surface area contributed by atoms with Crippen molar-refractivity contribution in [3.8, 4) is 0 Å². The number of rotatable bonds is 5. The van der Waals surface area contributed by atoms with Crippen LogP contribution in [0.2, 0.25) is 0 Å². The van der Waals surface area contributed by atoms with Crippen molar-refractivity contribution in [1.29, 1.82) is 0 Å². The minimum Gasteiger partial charge on any atom is -0.382 e. The summed E-state index contributed by atoms with van der Waals surface area (Å²) in [7, 11) is 1.70. The van der Waals surface area contributed by atoms with Crippen molar-refractivity contribution in [2.75, 3.05) is 24.6 Å². The third-order valence-electron chi connectivity index (χ3n) is 2.53. The number of primary amides is 1. The molecule has 8 heteroatoms. The Morgan fingerprint density at radius 3 is 2.67 bits per heavy atom. The summed E-state index contributed by atoms with van der Waals surface area (Å²) in [5, 5.41) is 3.33. The van der Waals surface area contributed by atoms with Gasteiger partial charge in [0.25, 0.3) is 5.91 Å². The predicted octanol–water partition coefficient (Wildman–Crippen LogP) is 0.103. The number of aromatic nitrogens is 1. The molecule has 0 aromatic carbocycles. The van der Waals surface area contributed by atoms with Crippen LogP contribution in [0.1, 0.15) is 24.2 Å². The van der Waals surface area contributed by atoms with Crippen LogP contribution in [0.25, 0.3) is 0 Å². The van der Waals surface area contributed by atoms with E-state index in [4.69, 9.17) is 11.5 Å². The average Bonchev–Trinajstić information content (AvgIpc) is 2.68. The van der Waals surface area contributed by atoms with Gasteiger partial charge in [0.2, 0.25) is 5.91 Å². The lowest BCUT2D eigenvalue weighted by Crippen LogP contribution is -2.39. The van der Waals surface area contributed by atoms with Gasteiger partial charge in [-0.3, -0.25) is 9.59 Å². The Labute approximate surface area is 109 Å². The van der Waals surface area contributed by atoms with Crippen molar-refractivity contribution >= 4 is 34.2 Å². The molecule has 0 aliphatic rings. The lowest BCUT2D eigenvalue weighted by molar-refractivity contribution is -0.130. The smallest absolute Gasteiger partial charge is 0.255 e. The quantitative estimate of drug-likeness (QED) is 0.703. The molecule has 0 fully saturated rings. The highest BCUT2D eigenvalue weighted by atomic mass is 32.1. The van der Waals surface area contributed by atoms with E-state index in [-0.39, 0.29) is 17.3 Å². The first kappa shape index (κ1) is 14.2. The molecule has 0 bridgehead atoms. The number of nitrogens with two attached hydrogens (primary N) is 2. The highest BCUT2D eigenvalue weighted by Crippen LogP contribution is 2.26. The van der Waals surface area contributed by atoms with Gasteiger partial charge in [-0.25, -0.2) is 0 Å². The maximum Gasteiger partial charge on any atom is 0.255 e. The van der Waals surface area contributed by atoms with Gasteiger partial charge in [0, 0.05) is 13.6 Å². The second-order valence-corrected chi connectivity index (χ2v) is 4.63. The molecule has 1 aromatic heterocycles. The number of nitrogens with one attached hydrogen (secondary N) is 1. The maximum absolute atomic E-state index is 11.9. The molecule has 0 aliphatic carbocycles. The van der Waals surface area contributed by atoms with Gasteiger partial charge in [0.05, 0.1) is 0 Å². The summed E-state index contributed by atoms with van der Waals surface area (Å²) < 4.78 is 3.85. The van der Waals surface area contributed by atoms with E-state index in [2.05, 4.69) is 9.69 Å². The van der Waals surface area contributed by atoms with E-state index in [1.165, 1.54) is 0 Å². The minimum absolute atomic E-state index is 0.0819. The highest BCUT2D eigenvalue weighted by molar-refractivity contribution is 7.11. The van der Waals surface area contributed by atoms with Gasteiger partial charge in [-0.15, -0.1) is 0 Å². The van der Waals surface area contributed by atoms with Crippen molar-refractivity contribution in [2.24, 2.45) is 5.73 Å². The van der Waals surface area contributed by atoms with Crippen LogP contribution in [0, 0.1) is 0 Å². The standard InChI is InChI=1S/C10H17N5O2S/c1-4-15(3)10(17)5(2)13-9-6(8(12)16)7(11)14-18-9/h5,13H,4H2,1-3H3,(H2,11,14)(H2,12,16). The molecule has 0 radical (unpaired) electrons. The minimum atomic E-state index is -0.660. The second kappa shape index (κ2) is 5.67. The Kier molecular flexibility index (Phi) is 4.49. The number of hydrogen-bond donors (Lipinski definition) is 3. The number of likely N-dealkylation sites (N-methyl/N-ethyl adjacent to an activating group) is 1. The third kappa shape index (κ3) is 2.89. The Hall–Kier alpha value is -1.83. The summed E-state index contributed by atoms with van der Waals surface area (Å²) in [5.41, 5.74) is 10.9. The van der Waals surface area contributed by atoms with Gasteiger partial charge in [-0.1, -0.05) is 0 Å². The Morgan fingerprint density at radius 2 is 2.17 bits per heavy atom. The average molecular weight is 271 g/mol. The summed E-state index contributed by atoms with van der Waals surface area (Å²) in [6.07, 6.45) is 0. The van der Waals surface area contributed by atoms with Gasteiger partial charge < -0.3 is 21.7 Å². The maximum atomic E-state index is 11.9. The van der Waals surface area contributed by atoms with Gasteiger partial charge >= 0.3 is 0 Å². The van der Waals surface area contributed by atoms with E-state index in [0.29, 0.717) is 11.5 Å². The van der Waals surface area contributed by atoms with Crippen LogP contribution < -0.4 is 16.8 Å². The number of carbonyl (C=O) groups is 2. The fraction of sp³-hybridized carbons (Fsp3) is 0.500. The molecule has 0 spiro atoms. The van der Waals surface area contributed by atoms with Gasteiger partial charge in [0.1, 0.15) is 16.6 Å². The number of nitrogen functional groups attached to an aromatic ring is 1. The van der Waals surface area contributed by atoms with Gasteiger partial charge in [-0.05, 0) is 25.4 Å². The summed E-state index contributed by atoms with van der Waals surface area (Å²) in [5.74, 6) is -0.661. The van der Waals surface area contributed by atoms with Crippen molar-refractivity contribution < 1.29 is 9.59 Å². The zero-order chi connectivity index (χ0) is 13.9. The Balaban J connectivity index is 2.85. The van der Waals surface area contributed by atoms with Crippen LogP contribution in [0.5, 0.6) is 0 Å². The predicted molar refractivity (Wildman–Crippen MR) is 71.4 cm³/mol. The molecule has 100 valence electrons. The summed E-state index contributed by atoms with van der Waals surface area (Å²) in [4.78, 5) is 24.7. The molecule has 1 atom stereocenters. The van der Waals surface area contributed by atoms with E-state index >= 15 is 0 Å². The fourth-order valence-electron chi connectivity index (χ4n) is 1.38. The molecule has 0 aliphatic heterocycles. The number of amides is 2. The van der Waals surface area contributed by atoms with Crippen molar-refractivity contribution in [3.63, 3.8) is 0 Å². The second-order valence-electron chi connectivity index (χ2n) is 3.85. The van der Waals surface area contributed by atoms with Gasteiger partial charge in [-0.2, -0.15) is 4.37 Å². The first-order valence-electron chi connectivity index (χ1n) is 5.44. The lowest BCUT2D eigenvalue weighted by atomic mass is 10.2. The molecular weight excluding hydrogens is 254 g/mol. The van der Waals surface area contributed by atoms with E-state index in [9.17, 15) is 9.59 Å². The van der Waals surface area contributed by atoms with Crippen molar-refractivity contribution in [2.45, 2.75) is 19.9 Å². The Bertz CT molecular complexity index is 459. The van der Waals surface area contributed by atoms with Crippen LogP contribution in [-0.4, -0.2) is 40.7 Å². The van der Waals surface area contributed by atoms with E-state index in [0.717, 1.165) is 11.5 Å². The fourth-order valence-corrected chi connectivity index (χ4v) is 2.19. The molecule has 1 rings (SSSR count). The first-order valence-corrected chi connectivity index (χ1v) is 6.22. The molecule has 2 amide bonds. The van der Waals surface area contributed by atoms with Crippen LogP contribution >= 0.6 is 11.5 Å². The third-order valence-corrected chi connectivity index (χ3v) is 3.33. The molecule has 1 unspecified atom stereocenters. The topological polar surface area (TPSA) is 114 Å². The summed E-state index contributed by atoms with van der Waals surface area (Å²) in [6, 6.07) is -0.479. The van der Waals surface area contributed by atoms with Crippen molar-refractivity contribution in [3.05, 3.63) is 5.56 Å². The Morgan fingerprint density at radius 1 is 1.56 bits per heavy atom. The highest BCUT2D eigenvalue weighted by Gasteiger charge is 2.22. The number of anilines is 2. The molecule has 18 heavy (non-hydrogen) atoms. The van der Waals surface area contributed by atoms with E-state index < -0.39 is 11.9 Å². The zero-order valence-corrected chi connectivity index (χ0v) is 11.4. The number of hydrogen-bond acceptors (Lipinski definition) is 6. The summed E-state index contributed by atoms with van der Waals surface area (Å²) in [6.45, 7) is 4.19. The largest absolute Gasteiger partial charge is 0.382 e. The molecule has 0 saturated heterocycles. The molecule has 0 saturated carbocycles. The van der Waals surface area contributed by atoms with Crippen LogP contribution in [0.15, 0.2) is 0 Å². The zero-order valence-electron chi connectivity index (χ0n) is 10.6. The van der Waals surface area contributed by atoms with Crippen LogP contribution in [0.3, 0.4) is 0 Å². The van der Waals surface area contributed by atoms with Crippen LogP contribution in [-0.2, 0) is 4.79 Å². The molecule has 7 nitrogen and oxygen atoms in total. The van der Waals surface area contributed by atoms with Gasteiger partial charge in [0.15, 0.2) is 5.82 Å². The molecule has 1 aromatic rings. The summed E-state index contributed by atoms with van der Waals surface area (Å²) >= 11 is 1.01. The normalized spacial score (nSPS) is 11.9. The van der Waals surface area contributed by atoms with Crippen molar-refractivity contribution in [1.82, 2.24) is 9.27 Å². The lowest BCUT2D eigenvalue weighted by Gasteiger charge is -2.20.